The molecule has 0 saturated carbocycles. The Hall–Kier alpha value is -2.90. The van der Waals surface area contributed by atoms with Crippen molar-refractivity contribution in [3.05, 3.63) is 57.6 Å². The fourth-order valence-corrected chi connectivity index (χ4v) is 5.86. The predicted molar refractivity (Wildman–Crippen MR) is 155 cm³/mol. The first-order valence-corrected chi connectivity index (χ1v) is 14.3. The predicted octanol–water partition coefficient (Wildman–Crippen LogP) is 3.93. The van der Waals surface area contributed by atoms with E-state index < -0.39 is 11.9 Å². The number of carbonyl (C=O) groups excluding carboxylic acids is 2. The highest BCUT2D eigenvalue weighted by Gasteiger charge is 2.31. The molecule has 0 amide bonds. The largest absolute Gasteiger partial charge is 0.545 e. The first-order valence-electron chi connectivity index (χ1n) is 14.3. The molecule has 0 atom stereocenters. The van der Waals surface area contributed by atoms with Gasteiger partial charge in [0.1, 0.15) is 11.5 Å². The van der Waals surface area contributed by atoms with Crippen molar-refractivity contribution in [2.45, 2.75) is 72.6 Å². The highest BCUT2D eigenvalue weighted by Crippen LogP contribution is 2.44. The second-order valence-corrected chi connectivity index (χ2v) is 13.5. The van der Waals surface area contributed by atoms with Crippen molar-refractivity contribution < 1.29 is 24.5 Å². The monoisotopic (exact) mass is 550 g/mol. The Bertz CT molecular complexity index is 1230. The number of benzene rings is 2. The van der Waals surface area contributed by atoms with E-state index in [1.165, 1.54) is 6.07 Å². The molecule has 7 nitrogen and oxygen atoms in total. The quantitative estimate of drug-likeness (QED) is 0.300. The molecule has 0 spiro atoms. The number of nitrogens with zero attached hydrogens (tertiary/aromatic N) is 2. The van der Waals surface area contributed by atoms with E-state index in [0.29, 0.717) is 36.3 Å². The number of aromatic carboxylic acids is 2. The second-order valence-electron chi connectivity index (χ2n) is 13.5. The van der Waals surface area contributed by atoms with Crippen LogP contribution in [0.4, 0.5) is 0 Å². The zero-order valence-corrected chi connectivity index (χ0v) is 25.6. The molecule has 0 aliphatic carbocycles. The molecule has 2 aromatic carbocycles. The van der Waals surface area contributed by atoms with Crippen LogP contribution in [0.15, 0.2) is 24.3 Å². The van der Waals surface area contributed by atoms with E-state index in [1.807, 2.05) is 6.07 Å². The van der Waals surface area contributed by atoms with Crippen molar-refractivity contribution in [2.75, 3.05) is 41.3 Å². The summed E-state index contributed by atoms with van der Waals surface area (Å²) < 4.78 is 6.34. The van der Waals surface area contributed by atoms with Crippen LogP contribution in [-0.4, -0.2) is 63.0 Å². The minimum absolute atomic E-state index is 0.0765. The molecule has 0 radical (unpaired) electrons. The van der Waals surface area contributed by atoms with Gasteiger partial charge in [-0.2, -0.15) is 0 Å². The van der Waals surface area contributed by atoms with Gasteiger partial charge in [0.05, 0.1) is 11.9 Å². The standard InChI is InChI=1S/C33H48N2O5/c1-32(2,13-9-15-34(5)6)20-24-19-28-25(18-23-17-22(30(36)37)11-12-27(23)40-28)26(29(24)31(38)39)21-33(3,4)14-10-16-35(7)8/h11-12,17,19H,9-10,13-16,18,20-21H2,1-8H3,(H,36,37)(H,38,39)/p-2. The zero-order chi connectivity index (χ0) is 29.8. The Morgan fingerprint density at radius 3 is 1.93 bits per heavy atom. The van der Waals surface area contributed by atoms with Gasteiger partial charge in [-0.15, -0.1) is 0 Å². The van der Waals surface area contributed by atoms with Crippen LogP contribution < -0.4 is 14.9 Å². The van der Waals surface area contributed by atoms with Gasteiger partial charge >= 0.3 is 0 Å². The fraction of sp³-hybridized carbons (Fsp3) is 0.576. The summed E-state index contributed by atoms with van der Waals surface area (Å²) >= 11 is 0. The third-order valence-corrected chi connectivity index (χ3v) is 7.92. The van der Waals surface area contributed by atoms with Crippen molar-refractivity contribution in [3.63, 3.8) is 0 Å². The summed E-state index contributed by atoms with van der Waals surface area (Å²) in [5.41, 5.74) is 3.05. The molecule has 0 saturated heterocycles. The number of carboxylic acid groups (broad SMARTS) is 2. The summed E-state index contributed by atoms with van der Waals surface area (Å²) in [6.45, 7) is 10.7. The SMILES string of the molecule is CN(C)CCCC(C)(C)Cc1cc2c(c(CC(C)(C)CCCN(C)C)c1C(=O)[O-])Cc1cc(C(=O)[O-])ccc1O2. The van der Waals surface area contributed by atoms with Crippen molar-refractivity contribution in [1.29, 1.82) is 0 Å². The maximum absolute atomic E-state index is 12.8. The molecule has 1 aliphatic rings. The average molecular weight is 551 g/mol. The van der Waals surface area contributed by atoms with E-state index in [4.69, 9.17) is 4.74 Å². The highest BCUT2D eigenvalue weighted by atomic mass is 16.5. The molecule has 1 aliphatic heterocycles. The normalized spacial score (nSPS) is 13.2. The lowest BCUT2D eigenvalue weighted by molar-refractivity contribution is -0.256. The van der Waals surface area contributed by atoms with Crippen molar-refractivity contribution in [2.24, 2.45) is 10.8 Å². The van der Waals surface area contributed by atoms with Gasteiger partial charge in [-0.05, 0) is 137 Å². The molecule has 0 N–H and O–H groups in total. The number of ether oxygens (including phenoxy) is 1. The summed E-state index contributed by atoms with van der Waals surface area (Å²) in [6, 6.07) is 6.59. The van der Waals surface area contributed by atoms with Crippen LogP contribution >= 0.6 is 0 Å². The topological polar surface area (TPSA) is 96.0 Å². The molecule has 7 heteroatoms. The average Bonchev–Trinajstić information content (AvgIpc) is 2.81. The van der Waals surface area contributed by atoms with Crippen LogP contribution in [0.1, 0.15) is 96.3 Å². The summed E-state index contributed by atoms with van der Waals surface area (Å²) in [4.78, 5) is 28.7. The Kier molecular flexibility index (Phi) is 10.1. The van der Waals surface area contributed by atoms with Crippen LogP contribution in [0.5, 0.6) is 11.5 Å². The van der Waals surface area contributed by atoms with Crippen molar-refractivity contribution >= 4 is 11.9 Å². The molecule has 0 aromatic heterocycles. The molecular weight excluding hydrogens is 504 g/mol. The van der Waals surface area contributed by atoms with E-state index in [2.05, 4.69) is 65.7 Å². The number of hydrogen-bond acceptors (Lipinski definition) is 7. The highest BCUT2D eigenvalue weighted by molar-refractivity contribution is 5.91. The van der Waals surface area contributed by atoms with Gasteiger partial charge in [0.15, 0.2) is 0 Å². The lowest BCUT2D eigenvalue weighted by Gasteiger charge is -2.34. The van der Waals surface area contributed by atoms with Gasteiger partial charge in [-0.3, -0.25) is 0 Å². The van der Waals surface area contributed by atoms with E-state index in [9.17, 15) is 19.8 Å². The molecule has 0 fully saturated rings. The molecule has 1 heterocycles. The molecule has 2 aromatic rings. The van der Waals surface area contributed by atoms with E-state index in [0.717, 1.165) is 55.5 Å². The van der Waals surface area contributed by atoms with Crippen LogP contribution in [0.25, 0.3) is 0 Å². The van der Waals surface area contributed by atoms with Crippen molar-refractivity contribution in [3.8, 4) is 11.5 Å². The Balaban J connectivity index is 2.09. The molecular formula is C33H46N2O5-2. The summed E-state index contributed by atoms with van der Waals surface area (Å²) in [7, 11) is 8.22. The smallest absolute Gasteiger partial charge is 0.131 e. The van der Waals surface area contributed by atoms with Gasteiger partial charge < -0.3 is 34.3 Å². The van der Waals surface area contributed by atoms with Gasteiger partial charge in [-0.25, -0.2) is 0 Å². The maximum atomic E-state index is 12.8. The summed E-state index contributed by atoms with van der Waals surface area (Å²) in [5.74, 6) is -1.18. The number of rotatable bonds is 14. The van der Waals surface area contributed by atoms with E-state index in [1.54, 1.807) is 12.1 Å². The minimum Gasteiger partial charge on any atom is -0.545 e. The van der Waals surface area contributed by atoms with Crippen LogP contribution in [0.3, 0.4) is 0 Å². The number of carboxylic acids is 2. The van der Waals surface area contributed by atoms with E-state index >= 15 is 0 Å². The zero-order valence-electron chi connectivity index (χ0n) is 25.6. The Morgan fingerprint density at radius 1 is 0.825 bits per heavy atom. The Labute approximate surface area is 240 Å². The van der Waals surface area contributed by atoms with Crippen LogP contribution in [0.2, 0.25) is 0 Å². The fourth-order valence-electron chi connectivity index (χ4n) is 5.86. The van der Waals surface area contributed by atoms with Gasteiger partial charge in [0, 0.05) is 17.5 Å². The molecule has 40 heavy (non-hydrogen) atoms. The molecule has 0 unspecified atom stereocenters. The van der Waals surface area contributed by atoms with Gasteiger partial charge in [0.2, 0.25) is 0 Å². The third-order valence-electron chi connectivity index (χ3n) is 7.92. The van der Waals surface area contributed by atoms with Crippen molar-refractivity contribution in [1.82, 2.24) is 9.80 Å². The summed E-state index contributed by atoms with van der Waals surface area (Å²) in [6.07, 6.45) is 5.43. The molecule has 3 rings (SSSR count). The number of fused-ring (bicyclic) bond motifs is 2. The number of carbonyl (C=O) groups is 2. The van der Waals surface area contributed by atoms with Gasteiger partial charge in [-0.1, -0.05) is 27.7 Å². The molecule has 0 bridgehead atoms. The lowest BCUT2D eigenvalue weighted by Crippen LogP contribution is -2.30. The van der Waals surface area contributed by atoms with Gasteiger partial charge in [0.25, 0.3) is 0 Å². The first-order chi connectivity index (χ1) is 18.6. The minimum atomic E-state index is -1.25. The Morgan fingerprint density at radius 2 is 1.40 bits per heavy atom. The van der Waals surface area contributed by atoms with Crippen LogP contribution in [-0.2, 0) is 19.3 Å². The lowest BCUT2D eigenvalue weighted by atomic mass is 9.74. The maximum Gasteiger partial charge on any atom is 0.131 e. The third kappa shape index (κ3) is 8.31. The number of hydrogen-bond donors (Lipinski definition) is 0. The first kappa shape index (κ1) is 31.6. The summed E-state index contributed by atoms with van der Waals surface area (Å²) in [5, 5.41) is 24.4. The molecule has 220 valence electrons. The van der Waals surface area contributed by atoms with E-state index in [-0.39, 0.29) is 22.0 Å². The van der Waals surface area contributed by atoms with Crippen LogP contribution in [0, 0.1) is 10.8 Å². The second kappa shape index (κ2) is 12.7.